The van der Waals surface area contributed by atoms with Crippen LogP contribution in [0.5, 0.6) is 5.75 Å². The molecule has 0 saturated heterocycles. The number of carbonyl (C=O) groups excluding carboxylic acids is 1. The fraction of sp³-hybridized carbons (Fsp3) is 0.471. The molecular weight excluding hydrogens is 286 g/mol. The Hall–Kier alpha value is -1.48. The molecule has 1 saturated carbocycles. The summed E-state index contributed by atoms with van der Waals surface area (Å²) in [6.45, 7) is 4.82. The van der Waals surface area contributed by atoms with E-state index in [9.17, 15) is 4.79 Å². The smallest absolute Gasteiger partial charge is 0.250 e. The van der Waals surface area contributed by atoms with Crippen LogP contribution in [0.4, 0.5) is 0 Å². The second kappa shape index (κ2) is 5.38. The van der Waals surface area contributed by atoms with Gasteiger partial charge in [-0.25, -0.2) is 0 Å². The van der Waals surface area contributed by atoms with Crippen molar-refractivity contribution in [2.45, 2.75) is 39.2 Å². The molecule has 0 aromatic heterocycles. The van der Waals surface area contributed by atoms with Crippen molar-refractivity contribution in [1.82, 2.24) is 5.32 Å². The van der Waals surface area contributed by atoms with E-state index in [-0.39, 0.29) is 11.9 Å². The second-order valence-electron chi connectivity index (χ2n) is 6.72. The number of fused-ring (bicyclic) bond motifs is 1. The van der Waals surface area contributed by atoms with Gasteiger partial charge in [0.15, 0.2) is 0 Å². The van der Waals surface area contributed by atoms with Gasteiger partial charge in [-0.2, -0.15) is 0 Å². The molecule has 1 fully saturated rings. The van der Waals surface area contributed by atoms with Crippen molar-refractivity contribution in [2.75, 3.05) is 6.61 Å². The van der Waals surface area contributed by atoms with Crippen molar-refractivity contribution in [3.63, 3.8) is 0 Å². The quantitative estimate of drug-likeness (QED) is 0.902. The Bertz CT molecular complexity index is 607. The van der Waals surface area contributed by atoms with Crippen LogP contribution < -0.4 is 10.1 Å². The first kappa shape index (κ1) is 14.5. The summed E-state index contributed by atoms with van der Waals surface area (Å²) in [4.78, 5) is 12.4. The minimum Gasteiger partial charge on any atom is -0.488 e. The van der Waals surface area contributed by atoms with Crippen LogP contribution in [-0.2, 0) is 4.79 Å². The summed E-state index contributed by atoms with van der Waals surface area (Å²) in [6, 6.07) is 5.72. The minimum atomic E-state index is -0.0247. The maximum Gasteiger partial charge on any atom is 0.250 e. The van der Waals surface area contributed by atoms with Gasteiger partial charge in [0.25, 0.3) is 5.91 Å². The number of hydrogen-bond donors (Lipinski definition) is 1. The topological polar surface area (TPSA) is 38.3 Å². The third-order valence-electron chi connectivity index (χ3n) is 4.28. The summed E-state index contributed by atoms with van der Waals surface area (Å²) >= 11 is 5.99. The van der Waals surface area contributed by atoms with Gasteiger partial charge in [-0.15, -0.1) is 0 Å². The highest BCUT2D eigenvalue weighted by Crippen LogP contribution is 2.37. The first-order valence-corrected chi connectivity index (χ1v) is 7.75. The van der Waals surface area contributed by atoms with Gasteiger partial charge in [-0.3, -0.25) is 4.79 Å². The van der Waals surface area contributed by atoms with Crippen LogP contribution in [0.15, 0.2) is 23.8 Å². The molecule has 1 heterocycles. The molecule has 112 valence electrons. The largest absolute Gasteiger partial charge is 0.488 e. The maximum atomic E-state index is 12.4. The second-order valence-corrected chi connectivity index (χ2v) is 7.15. The molecule has 1 aliphatic heterocycles. The lowest BCUT2D eigenvalue weighted by molar-refractivity contribution is -0.118. The Labute approximate surface area is 130 Å². The predicted octanol–water partition coefficient (Wildman–Crippen LogP) is 3.81. The number of hydrogen-bond acceptors (Lipinski definition) is 2. The van der Waals surface area contributed by atoms with E-state index >= 15 is 0 Å². The Kier molecular flexibility index (Phi) is 3.70. The van der Waals surface area contributed by atoms with E-state index in [1.807, 2.05) is 18.2 Å². The van der Waals surface area contributed by atoms with Crippen LogP contribution in [0, 0.1) is 5.41 Å². The van der Waals surface area contributed by atoms with E-state index in [0.717, 1.165) is 30.6 Å². The molecule has 2 aliphatic rings. The standard InChI is InChI=1S/C17H20ClNO2/c1-17(2)6-5-14(9-17)19-16(20)12-7-11-8-13(18)3-4-15(11)21-10-12/h3-4,7-8,14H,5-6,9-10H2,1-2H3,(H,19,20). The molecule has 1 atom stereocenters. The van der Waals surface area contributed by atoms with Crippen LogP contribution in [0.3, 0.4) is 0 Å². The van der Waals surface area contributed by atoms with Gasteiger partial charge in [-0.1, -0.05) is 25.4 Å². The Morgan fingerprint density at radius 1 is 1.43 bits per heavy atom. The van der Waals surface area contributed by atoms with Crippen molar-refractivity contribution in [3.8, 4) is 5.75 Å². The van der Waals surface area contributed by atoms with E-state index in [4.69, 9.17) is 16.3 Å². The van der Waals surface area contributed by atoms with Crippen molar-refractivity contribution < 1.29 is 9.53 Å². The molecule has 3 nitrogen and oxygen atoms in total. The normalized spacial score (nSPS) is 23.0. The number of carbonyl (C=O) groups is 1. The average molecular weight is 306 g/mol. The molecule has 1 amide bonds. The Morgan fingerprint density at radius 3 is 2.95 bits per heavy atom. The number of halogens is 1. The van der Waals surface area contributed by atoms with Crippen LogP contribution >= 0.6 is 11.6 Å². The third kappa shape index (κ3) is 3.24. The highest BCUT2D eigenvalue weighted by molar-refractivity contribution is 6.30. The van der Waals surface area contributed by atoms with Gasteiger partial charge in [0.2, 0.25) is 0 Å². The van der Waals surface area contributed by atoms with Crippen molar-refractivity contribution >= 4 is 23.6 Å². The molecule has 3 rings (SSSR count). The predicted molar refractivity (Wildman–Crippen MR) is 84.5 cm³/mol. The molecule has 0 spiro atoms. The third-order valence-corrected chi connectivity index (χ3v) is 4.52. The summed E-state index contributed by atoms with van der Waals surface area (Å²) in [7, 11) is 0. The van der Waals surface area contributed by atoms with Crippen molar-refractivity contribution in [3.05, 3.63) is 34.4 Å². The Balaban J connectivity index is 1.71. The molecule has 4 heteroatoms. The zero-order chi connectivity index (χ0) is 15.0. The molecule has 0 radical (unpaired) electrons. The molecule has 1 unspecified atom stereocenters. The summed E-state index contributed by atoms with van der Waals surface area (Å²) < 4.78 is 5.63. The molecule has 1 aliphatic carbocycles. The maximum absolute atomic E-state index is 12.4. The summed E-state index contributed by atoms with van der Waals surface area (Å²) in [5.41, 5.74) is 1.86. The number of ether oxygens (including phenoxy) is 1. The van der Waals surface area contributed by atoms with E-state index in [1.54, 1.807) is 6.07 Å². The Morgan fingerprint density at radius 2 is 2.24 bits per heavy atom. The first-order valence-electron chi connectivity index (χ1n) is 7.37. The van der Waals surface area contributed by atoms with Gasteiger partial charge in [0, 0.05) is 16.6 Å². The number of benzene rings is 1. The lowest BCUT2D eigenvalue weighted by Gasteiger charge is -2.21. The lowest BCUT2D eigenvalue weighted by Crippen LogP contribution is -2.36. The molecule has 1 N–H and O–H groups in total. The zero-order valence-corrected chi connectivity index (χ0v) is 13.2. The highest BCUT2D eigenvalue weighted by Gasteiger charge is 2.32. The average Bonchev–Trinajstić information content (AvgIpc) is 2.77. The number of nitrogens with one attached hydrogen (secondary N) is 1. The van der Waals surface area contributed by atoms with Crippen molar-refractivity contribution in [2.24, 2.45) is 5.41 Å². The van der Waals surface area contributed by atoms with Crippen LogP contribution in [0.2, 0.25) is 5.02 Å². The molecule has 1 aromatic carbocycles. The van der Waals surface area contributed by atoms with Crippen LogP contribution in [0.25, 0.3) is 6.08 Å². The van der Waals surface area contributed by atoms with E-state index < -0.39 is 0 Å². The molecular formula is C17H20ClNO2. The van der Waals surface area contributed by atoms with Gasteiger partial charge in [-0.05, 0) is 49.0 Å². The monoisotopic (exact) mass is 305 g/mol. The zero-order valence-electron chi connectivity index (χ0n) is 12.4. The van der Waals surface area contributed by atoms with Gasteiger partial charge < -0.3 is 10.1 Å². The van der Waals surface area contributed by atoms with E-state index in [0.29, 0.717) is 22.6 Å². The summed E-state index contributed by atoms with van der Waals surface area (Å²) in [5, 5.41) is 3.78. The summed E-state index contributed by atoms with van der Waals surface area (Å²) in [6.07, 6.45) is 5.12. The van der Waals surface area contributed by atoms with E-state index in [2.05, 4.69) is 19.2 Å². The fourth-order valence-corrected chi connectivity index (χ4v) is 3.30. The SMILES string of the molecule is CC1(C)CCC(NC(=O)C2=Cc3cc(Cl)ccc3OC2)C1. The molecule has 0 bridgehead atoms. The van der Waals surface area contributed by atoms with Crippen LogP contribution in [-0.4, -0.2) is 18.6 Å². The molecule has 1 aromatic rings. The van der Waals surface area contributed by atoms with Gasteiger partial charge >= 0.3 is 0 Å². The van der Waals surface area contributed by atoms with Gasteiger partial charge in [0.05, 0.1) is 5.57 Å². The minimum absolute atomic E-state index is 0.0247. The first-order chi connectivity index (χ1) is 9.93. The number of rotatable bonds is 2. The highest BCUT2D eigenvalue weighted by atomic mass is 35.5. The number of amides is 1. The van der Waals surface area contributed by atoms with Crippen LogP contribution in [0.1, 0.15) is 38.7 Å². The van der Waals surface area contributed by atoms with E-state index in [1.165, 1.54) is 0 Å². The summed E-state index contributed by atoms with van der Waals surface area (Å²) in [5.74, 6) is 0.751. The van der Waals surface area contributed by atoms with Gasteiger partial charge in [0.1, 0.15) is 12.4 Å². The molecule has 21 heavy (non-hydrogen) atoms. The fourth-order valence-electron chi connectivity index (χ4n) is 3.12. The van der Waals surface area contributed by atoms with Crippen molar-refractivity contribution in [1.29, 1.82) is 0 Å². The lowest BCUT2D eigenvalue weighted by atomic mass is 9.92.